The van der Waals surface area contributed by atoms with Crippen molar-refractivity contribution in [2.75, 3.05) is 19.5 Å². The second-order valence-corrected chi connectivity index (χ2v) is 3.34. The third kappa shape index (κ3) is 2.42. The number of aromatic nitrogens is 1. The molecule has 1 aromatic rings. The molecule has 3 nitrogen and oxygen atoms in total. The largest absolute Gasteiger partial charge is 0.384 e. The van der Waals surface area contributed by atoms with Crippen molar-refractivity contribution >= 4 is 5.82 Å². The Morgan fingerprint density at radius 3 is 2.92 bits per heavy atom. The highest BCUT2D eigenvalue weighted by atomic mass is 16.5. The van der Waals surface area contributed by atoms with Crippen LogP contribution in [0.3, 0.4) is 0 Å². The molecule has 0 aliphatic heterocycles. The second-order valence-electron chi connectivity index (χ2n) is 3.34. The number of aryl methyl sites for hydroxylation is 1. The van der Waals surface area contributed by atoms with Gasteiger partial charge in [0, 0.05) is 19.2 Å². The fourth-order valence-electron chi connectivity index (χ4n) is 1.34. The Balaban J connectivity index is 2.91. The molecule has 0 spiro atoms. The van der Waals surface area contributed by atoms with Gasteiger partial charge in [0.25, 0.3) is 0 Å². The zero-order valence-corrected chi connectivity index (χ0v) is 8.37. The molecule has 0 amide bonds. The molecule has 1 atom stereocenters. The van der Waals surface area contributed by atoms with Crippen LogP contribution >= 0.6 is 0 Å². The van der Waals surface area contributed by atoms with E-state index in [-0.39, 0.29) is 0 Å². The Bertz CT molecular complexity index is 286. The van der Waals surface area contributed by atoms with Crippen LogP contribution in [-0.4, -0.2) is 18.7 Å². The van der Waals surface area contributed by atoms with Crippen LogP contribution in [0.25, 0.3) is 0 Å². The van der Waals surface area contributed by atoms with E-state index in [9.17, 15) is 0 Å². The van der Waals surface area contributed by atoms with Gasteiger partial charge in [0.05, 0.1) is 6.61 Å². The van der Waals surface area contributed by atoms with E-state index < -0.39 is 0 Å². The molecule has 72 valence electrons. The minimum atomic E-state index is 0.303. The van der Waals surface area contributed by atoms with Gasteiger partial charge in [-0.3, -0.25) is 0 Å². The molecule has 1 unspecified atom stereocenters. The molecule has 1 heterocycles. The third-order valence-electron chi connectivity index (χ3n) is 2.03. The number of methoxy groups -OCH3 is 1. The van der Waals surface area contributed by atoms with Crippen molar-refractivity contribution in [1.82, 2.24) is 4.98 Å². The topological polar surface area (TPSA) is 48.1 Å². The lowest BCUT2D eigenvalue weighted by atomic mass is 10.0. The summed E-state index contributed by atoms with van der Waals surface area (Å²) in [7, 11) is 1.69. The predicted octanol–water partition coefficient (Wildman–Crippen LogP) is 1.72. The van der Waals surface area contributed by atoms with Gasteiger partial charge in [0.15, 0.2) is 0 Å². The van der Waals surface area contributed by atoms with Gasteiger partial charge < -0.3 is 10.5 Å². The van der Waals surface area contributed by atoms with Crippen LogP contribution in [0.2, 0.25) is 0 Å². The Labute approximate surface area is 78.9 Å². The number of rotatable bonds is 3. The van der Waals surface area contributed by atoms with Crippen LogP contribution < -0.4 is 5.73 Å². The molecule has 3 heteroatoms. The fourth-order valence-corrected chi connectivity index (χ4v) is 1.34. The van der Waals surface area contributed by atoms with Gasteiger partial charge in [-0.1, -0.05) is 13.0 Å². The van der Waals surface area contributed by atoms with Gasteiger partial charge in [-0.2, -0.15) is 0 Å². The van der Waals surface area contributed by atoms with E-state index in [1.807, 2.05) is 6.92 Å². The van der Waals surface area contributed by atoms with E-state index in [4.69, 9.17) is 10.5 Å². The molecule has 0 aliphatic rings. The smallest absolute Gasteiger partial charge is 0.126 e. The highest BCUT2D eigenvalue weighted by Gasteiger charge is 2.09. The van der Waals surface area contributed by atoms with Crippen molar-refractivity contribution in [3.63, 3.8) is 0 Å². The number of nitrogens with zero attached hydrogens (tertiary/aromatic N) is 1. The molecule has 0 aliphatic carbocycles. The van der Waals surface area contributed by atoms with Crippen LogP contribution in [0.4, 0.5) is 5.82 Å². The normalized spacial score (nSPS) is 12.8. The van der Waals surface area contributed by atoms with Crippen molar-refractivity contribution in [3.05, 3.63) is 23.4 Å². The first-order valence-corrected chi connectivity index (χ1v) is 4.36. The maximum atomic E-state index is 5.75. The summed E-state index contributed by atoms with van der Waals surface area (Å²) in [4.78, 5) is 4.10. The summed E-state index contributed by atoms with van der Waals surface area (Å²) in [6.45, 7) is 4.76. The summed E-state index contributed by atoms with van der Waals surface area (Å²) in [6, 6.07) is 2.06. The Kier molecular flexibility index (Phi) is 3.25. The first kappa shape index (κ1) is 9.99. The number of nitrogen functional groups attached to an aromatic ring is 1. The van der Waals surface area contributed by atoms with E-state index in [0.717, 1.165) is 11.1 Å². The summed E-state index contributed by atoms with van der Waals surface area (Å²) in [5.74, 6) is 0.910. The summed E-state index contributed by atoms with van der Waals surface area (Å²) in [5.41, 5.74) is 7.96. The molecule has 1 rings (SSSR count). The third-order valence-corrected chi connectivity index (χ3v) is 2.03. The van der Waals surface area contributed by atoms with Gasteiger partial charge in [0.2, 0.25) is 0 Å². The van der Waals surface area contributed by atoms with Gasteiger partial charge in [0.1, 0.15) is 5.82 Å². The molecule has 0 saturated heterocycles. The maximum Gasteiger partial charge on any atom is 0.126 e. The molecular formula is C10H16N2O. The Morgan fingerprint density at radius 1 is 1.62 bits per heavy atom. The van der Waals surface area contributed by atoms with Gasteiger partial charge in [-0.25, -0.2) is 4.98 Å². The quantitative estimate of drug-likeness (QED) is 0.770. The molecule has 0 saturated carbocycles. The number of hydrogen-bond acceptors (Lipinski definition) is 3. The number of ether oxygens (including phenoxy) is 1. The lowest BCUT2D eigenvalue weighted by Gasteiger charge is -2.12. The molecule has 0 fully saturated rings. The van der Waals surface area contributed by atoms with Gasteiger partial charge in [-0.15, -0.1) is 0 Å². The first-order chi connectivity index (χ1) is 6.15. The van der Waals surface area contributed by atoms with E-state index in [0.29, 0.717) is 18.3 Å². The lowest BCUT2D eigenvalue weighted by molar-refractivity contribution is 0.184. The number of hydrogen-bond donors (Lipinski definition) is 1. The molecule has 1 aromatic heterocycles. The molecule has 0 radical (unpaired) electrons. The first-order valence-electron chi connectivity index (χ1n) is 4.36. The molecular weight excluding hydrogens is 164 g/mol. The Hall–Kier alpha value is -1.09. The van der Waals surface area contributed by atoms with Crippen molar-refractivity contribution in [2.24, 2.45) is 0 Å². The molecule has 0 bridgehead atoms. The van der Waals surface area contributed by atoms with Crippen LogP contribution in [0.5, 0.6) is 0 Å². The van der Waals surface area contributed by atoms with Gasteiger partial charge >= 0.3 is 0 Å². The van der Waals surface area contributed by atoms with Crippen molar-refractivity contribution in [1.29, 1.82) is 0 Å². The highest BCUT2D eigenvalue weighted by molar-refractivity contribution is 5.42. The summed E-state index contributed by atoms with van der Waals surface area (Å²) in [5, 5.41) is 0. The number of nitrogens with two attached hydrogens (primary N) is 1. The van der Waals surface area contributed by atoms with Crippen molar-refractivity contribution in [3.8, 4) is 0 Å². The highest BCUT2D eigenvalue weighted by Crippen LogP contribution is 2.21. The maximum absolute atomic E-state index is 5.75. The minimum absolute atomic E-state index is 0.303. The van der Waals surface area contributed by atoms with Crippen LogP contribution in [0, 0.1) is 6.92 Å². The monoisotopic (exact) mass is 180 g/mol. The van der Waals surface area contributed by atoms with Crippen molar-refractivity contribution in [2.45, 2.75) is 19.8 Å². The summed E-state index contributed by atoms with van der Waals surface area (Å²) in [6.07, 6.45) is 1.78. The zero-order valence-electron chi connectivity index (χ0n) is 8.37. The average molecular weight is 180 g/mol. The summed E-state index contributed by atoms with van der Waals surface area (Å²) >= 11 is 0. The standard InChI is InChI=1S/C10H16N2O/c1-7-4-9(8(2)6-13-3)10(11)12-5-7/h4-5,8H,6H2,1-3H3,(H2,11,12). The van der Waals surface area contributed by atoms with Crippen LogP contribution in [-0.2, 0) is 4.74 Å². The SMILES string of the molecule is COCC(C)c1cc(C)cnc1N. The van der Waals surface area contributed by atoms with E-state index in [1.165, 1.54) is 0 Å². The van der Waals surface area contributed by atoms with E-state index in [1.54, 1.807) is 13.3 Å². The second kappa shape index (κ2) is 4.23. The lowest BCUT2D eigenvalue weighted by Crippen LogP contribution is -2.07. The van der Waals surface area contributed by atoms with Crippen LogP contribution in [0.1, 0.15) is 24.0 Å². The number of anilines is 1. The summed E-state index contributed by atoms with van der Waals surface area (Å²) < 4.78 is 5.07. The van der Waals surface area contributed by atoms with Crippen LogP contribution in [0.15, 0.2) is 12.3 Å². The minimum Gasteiger partial charge on any atom is -0.384 e. The molecule has 13 heavy (non-hydrogen) atoms. The van der Waals surface area contributed by atoms with E-state index in [2.05, 4.69) is 18.0 Å². The van der Waals surface area contributed by atoms with Gasteiger partial charge in [-0.05, 0) is 18.1 Å². The van der Waals surface area contributed by atoms with Crippen molar-refractivity contribution < 1.29 is 4.74 Å². The number of pyridine rings is 1. The Morgan fingerprint density at radius 2 is 2.31 bits per heavy atom. The zero-order chi connectivity index (χ0) is 9.84. The fraction of sp³-hybridized carbons (Fsp3) is 0.500. The molecule has 2 N–H and O–H groups in total. The van der Waals surface area contributed by atoms with E-state index >= 15 is 0 Å². The predicted molar refractivity (Wildman–Crippen MR) is 53.7 cm³/mol. The molecule has 0 aromatic carbocycles. The average Bonchev–Trinajstić information content (AvgIpc) is 2.09.